The number of amides is 2. The van der Waals surface area contributed by atoms with Crippen LogP contribution in [0.3, 0.4) is 0 Å². The molecular formula is C23H30ClN3O5S. The van der Waals surface area contributed by atoms with Crippen LogP contribution in [0.1, 0.15) is 40.2 Å². The Labute approximate surface area is 200 Å². The number of halogens is 1. The van der Waals surface area contributed by atoms with E-state index in [1.54, 1.807) is 71.0 Å². The molecule has 2 aromatic rings. The van der Waals surface area contributed by atoms with Crippen molar-refractivity contribution < 1.29 is 22.7 Å². The fourth-order valence-corrected chi connectivity index (χ4v) is 3.98. The van der Waals surface area contributed by atoms with Gasteiger partial charge in [0.2, 0.25) is 15.9 Å². The van der Waals surface area contributed by atoms with Crippen LogP contribution in [0.25, 0.3) is 0 Å². The zero-order chi connectivity index (χ0) is 24.9. The molecule has 0 atom stereocenters. The Kier molecular flexibility index (Phi) is 8.51. The molecule has 0 aliphatic carbocycles. The first-order valence-electron chi connectivity index (χ1n) is 10.3. The van der Waals surface area contributed by atoms with Crippen molar-refractivity contribution in [2.75, 3.05) is 18.4 Å². The molecule has 33 heavy (non-hydrogen) atoms. The molecule has 10 heteroatoms. The summed E-state index contributed by atoms with van der Waals surface area (Å²) >= 11 is 5.93. The van der Waals surface area contributed by atoms with E-state index in [9.17, 15) is 18.0 Å². The molecule has 2 aromatic carbocycles. The third kappa shape index (κ3) is 8.03. The van der Waals surface area contributed by atoms with E-state index < -0.39 is 27.1 Å². The highest BCUT2D eigenvalue weighted by atomic mass is 35.5. The smallest absolute Gasteiger partial charge is 0.407 e. The molecule has 0 aliphatic rings. The zero-order valence-electron chi connectivity index (χ0n) is 19.4. The molecule has 0 spiro atoms. The van der Waals surface area contributed by atoms with E-state index in [0.29, 0.717) is 10.7 Å². The number of carbonyl (C=O) groups is 2. The van der Waals surface area contributed by atoms with Crippen molar-refractivity contribution in [1.29, 1.82) is 0 Å². The van der Waals surface area contributed by atoms with E-state index in [1.807, 2.05) is 0 Å². The molecule has 0 bridgehead atoms. The lowest BCUT2D eigenvalue weighted by molar-refractivity contribution is -0.120. The van der Waals surface area contributed by atoms with Crippen molar-refractivity contribution in [1.82, 2.24) is 10.0 Å². The van der Waals surface area contributed by atoms with Gasteiger partial charge in [0, 0.05) is 23.8 Å². The van der Waals surface area contributed by atoms with Crippen LogP contribution >= 0.6 is 11.6 Å². The summed E-state index contributed by atoms with van der Waals surface area (Å²) < 4.78 is 32.7. The molecule has 0 fully saturated rings. The monoisotopic (exact) mass is 495 g/mol. The van der Waals surface area contributed by atoms with Crippen LogP contribution in [0, 0.1) is 0 Å². The van der Waals surface area contributed by atoms with Crippen molar-refractivity contribution in [3.05, 3.63) is 59.1 Å². The number of carbonyl (C=O) groups excluding carboxylic acids is 2. The van der Waals surface area contributed by atoms with Crippen LogP contribution in [0.2, 0.25) is 5.02 Å². The molecule has 0 radical (unpaired) electrons. The second kappa shape index (κ2) is 10.5. The van der Waals surface area contributed by atoms with E-state index in [-0.39, 0.29) is 23.9 Å². The van der Waals surface area contributed by atoms with Gasteiger partial charge in [-0.1, -0.05) is 29.8 Å². The third-order valence-electron chi connectivity index (χ3n) is 4.62. The lowest BCUT2D eigenvalue weighted by Gasteiger charge is -2.24. The van der Waals surface area contributed by atoms with Gasteiger partial charge >= 0.3 is 6.09 Å². The quantitative estimate of drug-likeness (QED) is 0.478. The first-order valence-corrected chi connectivity index (χ1v) is 12.2. The lowest BCUT2D eigenvalue weighted by Crippen LogP contribution is -2.37. The van der Waals surface area contributed by atoms with Gasteiger partial charge in [-0.15, -0.1) is 0 Å². The predicted octanol–water partition coefficient (Wildman–Crippen LogP) is 4.06. The van der Waals surface area contributed by atoms with Crippen molar-refractivity contribution in [2.45, 2.75) is 50.5 Å². The number of sulfonamides is 1. The minimum Gasteiger partial charge on any atom is -0.444 e. The van der Waals surface area contributed by atoms with Crippen LogP contribution in [0.4, 0.5) is 10.5 Å². The van der Waals surface area contributed by atoms with E-state index >= 15 is 0 Å². The summed E-state index contributed by atoms with van der Waals surface area (Å²) in [5, 5.41) is 5.83. The number of nitrogens with one attached hydrogen (secondary N) is 3. The summed E-state index contributed by atoms with van der Waals surface area (Å²) in [7, 11) is -3.85. The Morgan fingerprint density at radius 2 is 1.61 bits per heavy atom. The van der Waals surface area contributed by atoms with Crippen LogP contribution < -0.4 is 15.4 Å². The summed E-state index contributed by atoms with van der Waals surface area (Å²) in [4.78, 5) is 24.5. The highest BCUT2D eigenvalue weighted by Gasteiger charge is 2.30. The summed E-state index contributed by atoms with van der Waals surface area (Å²) in [5.74, 6) is -0.297. The molecule has 0 unspecified atom stereocenters. The van der Waals surface area contributed by atoms with Gasteiger partial charge in [-0.2, -0.15) is 0 Å². The molecular weight excluding hydrogens is 466 g/mol. The molecule has 2 amide bonds. The number of alkyl carbamates (subject to hydrolysis) is 1. The summed E-state index contributed by atoms with van der Waals surface area (Å²) in [5.41, 5.74) is -0.397. The van der Waals surface area contributed by atoms with Gasteiger partial charge in [0.05, 0.1) is 10.3 Å². The van der Waals surface area contributed by atoms with Gasteiger partial charge in [-0.25, -0.2) is 17.9 Å². The molecule has 3 N–H and O–H groups in total. The predicted molar refractivity (Wildman–Crippen MR) is 129 cm³/mol. The maximum Gasteiger partial charge on any atom is 0.407 e. The molecule has 0 aliphatic heterocycles. The average molecular weight is 496 g/mol. The first-order chi connectivity index (χ1) is 15.2. The molecule has 0 aromatic heterocycles. The lowest BCUT2D eigenvalue weighted by atomic mass is 9.83. The minimum atomic E-state index is -3.85. The number of hydrogen-bond acceptors (Lipinski definition) is 5. The Morgan fingerprint density at radius 3 is 2.21 bits per heavy atom. The summed E-state index contributed by atoms with van der Waals surface area (Å²) in [6.07, 6.45) is -0.630. The second-order valence-electron chi connectivity index (χ2n) is 8.94. The van der Waals surface area contributed by atoms with Gasteiger partial charge in [0.25, 0.3) is 0 Å². The SMILES string of the molecule is CC(C)(C)OC(=O)NCCNS(=O)(=O)c1cccc(NC(=O)C(C)(C)c2ccc(Cl)cc2)c1. The summed E-state index contributed by atoms with van der Waals surface area (Å²) in [6.45, 7) is 8.77. The third-order valence-corrected chi connectivity index (χ3v) is 6.33. The molecule has 180 valence electrons. The van der Waals surface area contributed by atoms with Crippen LogP contribution in [-0.2, 0) is 25.0 Å². The van der Waals surface area contributed by atoms with Gasteiger partial charge in [0.1, 0.15) is 5.60 Å². The molecule has 2 rings (SSSR count). The average Bonchev–Trinajstić information content (AvgIpc) is 2.70. The van der Waals surface area contributed by atoms with E-state index in [4.69, 9.17) is 16.3 Å². The van der Waals surface area contributed by atoms with Crippen LogP contribution in [0.5, 0.6) is 0 Å². The normalized spacial score (nSPS) is 12.2. The van der Waals surface area contributed by atoms with Gasteiger partial charge in [-0.05, 0) is 70.5 Å². The Bertz CT molecular complexity index is 1090. The Balaban J connectivity index is 2.00. The molecule has 8 nitrogen and oxygen atoms in total. The summed E-state index contributed by atoms with van der Waals surface area (Å²) in [6, 6.07) is 12.9. The van der Waals surface area contributed by atoms with E-state index in [1.165, 1.54) is 12.1 Å². The minimum absolute atomic E-state index is 0.0122. The zero-order valence-corrected chi connectivity index (χ0v) is 20.9. The van der Waals surface area contributed by atoms with Gasteiger partial charge < -0.3 is 15.4 Å². The second-order valence-corrected chi connectivity index (χ2v) is 11.1. The maximum absolute atomic E-state index is 12.9. The van der Waals surface area contributed by atoms with Crippen molar-refractivity contribution in [3.63, 3.8) is 0 Å². The van der Waals surface area contributed by atoms with Crippen LogP contribution in [0.15, 0.2) is 53.4 Å². The molecule has 0 saturated carbocycles. The van der Waals surface area contributed by atoms with Gasteiger partial charge in [0.15, 0.2) is 0 Å². The number of anilines is 1. The maximum atomic E-state index is 12.9. The van der Waals surface area contributed by atoms with Crippen molar-refractivity contribution >= 4 is 39.3 Å². The standard InChI is InChI=1S/C23H30ClN3O5S/c1-22(2,3)32-21(29)25-13-14-26-33(30,31)19-8-6-7-18(15-19)27-20(28)23(4,5)16-9-11-17(24)12-10-16/h6-12,15,26H,13-14H2,1-5H3,(H,25,29)(H,27,28). The largest absolute Gasteiger partial charge is 0.444 e. The van der Waals surface area contributed by atoms with Crippen LogP contribution in [-0.4, -0.2) is 39.1 Å². The Hall–Kier alpha value is -2.62. The fourth-order valence-electron chi connectivity index (χ4n) is 2.77. The molecule has 0 saturated heterocycles. The van der Waals surface area contributed by atoms with Crippen molar-refractivity contribution in [2.24, 2.45) is 0 Å². The van der Waals surface area contributed by atoms with E-state index in [2.05, 4.69) is 15.4 Å². The number of benzene rings is 2. The first kappa shape index (κ1) is 26.6. The van der Waals surface area contributed by atoms with Crippen molar-refractivity contribution in [3.8, 4) is 0 Å². The fraction of sp³-hybridized carbons (Fsp3) is 0.391. The topological polar surface area (TPSA) is 114 Å². The molecule has 0 heterocycles. The highest BCUT2D eigenvalue weighted by molar-refractivity contribution is 7.89. The highest BCUT2D eigenvalue weighted by Crippen LogP contribution is 2.27. The van der Waals surface area contributed by atoms with E-state index in [0.717, 1.165) is 5.56 Å². The van der Waals surface area contributed by atoms with Gasteiger partial charge in [-0.3, -0.25) is 4.79 Å². The number of ether oxygens (including phenoxy) is 1. The Morgan fingerprint density at radius 1 is 0.970 bits per heavy atom. The number of hydrogen-bond donors (Lipinski definition) is 3. The number of rotatable bonds is 8.